The molecule has 2 heterocycles. The highest BCUT2D eigenvalue weighted by atomic mass is 31.2. The molecule has 0 atom stereocenters. The van der Waals surface area contributed by atoms with Crippen molar-refractivity contribution in [3.8, 4) is 11.1 Å². The second-order valence-electron chi connectivity index (χ2n) is 9.24. The van der Waals surface area contributed by atoms with Gasteiger partial charge in [-0.05, 0) is 40.8 Å². The lowest BCUT2D eigenvalue weighted by molar-refractivity contribution is 0.592. The lowest BCUT2D eigenvalue weighted by atomic mass is 10.1. The number of fused-ring (bicyclic) bond motifs is 5. The van der Waals surface area contributed by atoms with Crippen molar-refractivity contribution >= 4 is 50.5 Å². The van der Waals surface area contributed by atoms with Crippen LogP contribution in [0, 0.1) is 0 Å². The zero-order chi connectivity index (χ0) is 24.8. The number of nitrogens with zero attached hydrogens (tertiary/aromatic N) is 2. The van der Waals surface area contributed by atoms with E-state index in [9.17, 15) is 4.57 Å². The molecule has 0 aliphatic heterocycles. The fourth-order valence-electron chi connectivity index (χ4n) is 5.22. The Morgan fingerprint density at radius 3 is 1.97 bits per heavy atom. The summed E-state index contributed by atoms with van der Waals surface area (Å²) in [5.41, 5.74) is 5.06. The molecule has 2 aromatic heterocycles. The van der Waals surface area contributed by atoms with Gasteiger partial charge in [-0.15, -0.1) is 0 Å². The highest BCUT2D eigenvalue weighted by Gasteiger charge is 2.29. The Labute approximate surface area is 215 Å². The Morgan fingerprint density at radius 2 is 1.22 bits per heavy atom. The Kier molecular flexibility index (Phi) is 5.06. The van der Waals surface area contributed by atoms with E-state index in [2.05, 4.69) is 71.3 Å². The standard InChI is InChI=1S/C33H23N2OP/c36-37(27-12-3-1-4-13-27,28-14-5-2-6-15-28)29-16-9-11-25(22-29)26-18-19-31-32(23-26)35-21-20-24-10-7-8-17-30(24)33(35)34-31/h1-23H. The number of imidazole rings is 1. The van der Waals surface area contributed by atoms with Crippen molar-refractivity contribution in [2.45, 2.75) is 0 Å². The van der Waals surface area contributed by atoms with Gasteiger partial charge in [0.05, 0.1) is 11.0 Å². The molecular weight excluding hydrogens is 471 g/mol. The molecule has 0 bridgehead atoms. The second kappa shape index (κ2) is 8.58. The third kappa shape index (κ3) is 3.51. The molecule has 0 amide bonds. The van der Waals surface area contributed by atoms with Crippen LogP contribution in [0.5, 0.6) is 0 Å². The average molecular weight is 495 g/mol. The molecule has 37 heavy (non-hydrogen) atoms. The maximum atomic E-state index is 14.9. The van der Waals surface area contributed by atoms with E-state index in [1.54, 1.807) is 0 Å². The van der Waals surface area contributed by atoms with Gasteiger partial charge in [0.25, 0.3) is 0 Å². The minimum atomic E-state index is -3.04. The number of aromatic nitrogens is 2. The van der Waals surface area contributed by atoms with Gasteiger partial charge in [0.2, 0.25) is 0 Å². The first kappa shape index (κ1) is 21.8. The van der Waals surface area contributed by atoms with Gasteiger partial charge >= 0.3 is 0 Å². The number of hydrogen-bond acceptors (Lipinski definition) is 2. The van der Waals surface area contributed by atoms with E-state index in [1.165, 1.54) is 5.39 Å². The number of hydrogen-bond donors (Lipinski definition) is 0. The molecule has 0 saturated heterocycles. The van der Waals surface area contributed by atoms with E-state index in [1.807, 2.05) is 72.8 Å². The lowest BCUT2D eigenvalue weighted by Gasteiger charge is -2.20. The number of rotatable bonds is 4. The fraction of sp³-hybridized carbons (Fsp3) is 0. The van der Waals surface area contributed by atoms with Gasteiger partial charge in [0.15, 0.2) is 7.14 Å². The van der Waals surface area contributed by atoms with Gasteiger partial charge in [-0.3, -0.25) is 4.40 Å². The van der Waals surface area contributed by atoms with E-state index >= 15 is 0 Å². The Morgan fingerprint density at radius 1 is 0.568 bits per heavy atom. The quantitative estimate of drug-likeness (QED) is 0.248. The van der Waals surface area contributed by atoms with Crippen LogP contribution >= 0.6 is 7.14 Å². The molecule has 0 spiro atoms. The number of benzene rings is 5. The fourth-order valence-corrected chi connectivity index (χ4v) is 7.91. The molecule has 176 valence electrons. The van der Waals surface area contributed by atoms with Crippen LogP contribution in [-0.2, 0) is 4.57 Å². The van der Waals surface area contributed by atoms with Crippen LogP contribution in [0.2, 0.25) is 0 Å². The molecule has 7 rings (SSSR count). The summed E-state index contributed by atoms with van der Waals surface area (Å²) in [6, 6.07) is 44.6. The van der Waals surface area contributed by atoms with E-state index < -0.39 is 7.14 Å². The van der Waals surface area contributed by atoms with Crippen molar-refractivity contribution < 1.29 is 4.57 Å². The molecule has 3 nitrogen and oxygen atoms in total. The molecule has 0 radical (unpaired) electrons. The van der Waals surface area contributed by atoms with E-state index in [0.717, 1.165) is 49.1 Å². The monoisotopic (exact) mass is 494 g/mol. The minimum Gasteiger partial charge on any atom is -0.309 e. The van der Waals surface area contributed by atoms with Crippen molar-refractivity contribution in [1.82, 2.24) is 9.38 Å². The van der Waals surface area contributed by atoms with Crippen LogP contribution < -0.4 is 15.9 Å². The lowest BCUT2D eigenvalue weighted by Crippen LogP contribution is -2.25. The van der Waals surface area contributed by atoms with Crippen LogP contribution in [0.25, 0.3) is 38.6 Å². The topological polar surface area (TPSA) is 34.4 Å². The molecule has 7 aromatic rings. The van der Waals surface area contributed by atoms with Crippen molar-refractivity contribution in [3.05, 3.63) is 140 Å². The molecule has 0 aliphatic rings. The predicted molar refractivity (Wildman–Crippen MR) is 155 cm³/mol. The summed E-state index contributed by atoms with van der Waals surface area (Å²) in [6.07, 6.45) is 2.09. The largest absolute Gasteiger partial charge is 0.309 e. The minimum absolute atomic E-state index is 0.826. The van der Waals surface area contributed by atoms with Gasteiger partial charge in [0.1, 0.15) is 5.65 Å². The highest BCUT2D eigenvalue weighted by molar-refractivity contribution is 7.85. The Balaban J connectivity index is 1.41. The summed E-state index contributed by atoms with van der Waals surface area (Å²) >= 11 is 0. The van der Waals surface area contributed by atoms with Crippen molar-refractivity contribution in [3.63, 3.8) is 0 Å². The SMILES string of the molecule is O=P(c1ccccc1)(c1ccccc1)c1cccc(-c2ccc3nc4c5ccccc5ccn4c3c2)c1. The molecule has 4 heteroatoms. The normalized spacial score (nSPS) is 11.9. The first-order valence-corrected chi connectivity index (χ1v) is 14.0. The van der Waals surface area contributed by atoms with Gasteiger partial charge < -0.3 is 4.57 Å². The van der Waals surface area contributed by atoms with Crippen LogP contribution in [-0.4, -0.2) is 9.38 Å². The van der Waals surface area contributed by atoms with Crippen LogP contribution in [0.3, 0.4) is 0 Å². The van der Waals surface area contributed by atoms with Crippen molar-refractivity contribution in [2.75, 3.05) is 0 Å². The molecule has 0 saturated carbocycles. The molecule has 0 aliphatic carbocycles. The third-order valence-corrected chi connectivity index (χ3v) is 10.1. The Bertz CT molecular complexity index is 1920. The second-order valence-corrected chi connectivity index (χ2v) is 12.0. The van der Waals surface area contributed by atoms with Crippen molar-refractivity contribution in [1.29, 1.82) is 0 Å². The van der Waals surface area contributed by atoms with Gasteiger partial charge in [-0.1, -0.05) is 109 Å². The summed E-state index contributed by atoms with van der Waals surface area (Å²) in [5.74, 6) is 0. The molecule has 0 N–H and O–H groups in total. The highest BCUT2D eigenvalue weighted by Crippen LogP contribution is 2.43. The summed E-state index contributed by atoms with van der Waals surface area (Å²) < 4.78 is 17.0. The maximum Gasteiger partial charge on any atom is 0.171 e. The van der Waals surface area contributed by atoms with Crippen LogP contribution in [0.4, 0.5) is 0 Å². The molecule has 5 aromatic carbocycles. The first-order valence-electron chi connectivity index (χ1n) is 12.3. The maximum absolute atomic E-state index is 14.9. The van der Waals surface area contributed by atoms with Crippen molar-refractivity contribution in [2.24, 2.45) is 0 Å². The zero-order valence-electron chi connectivity index (χ0n) is 20.0. The summed E-state index contributed by atoms with van der Waals surface area (Å²) in [7, 11) is -3.04. The van der Waals surface area contributed by atoms with Gasteiger partial charge in [0, 0.05) is 27.5 Å². The average Bonchev–Trinajstić information content (AvgIpc) is 3.36. The first-order chi connectivity index (χ1) is 18.2. The summed E-state index contributed by atoms with van der Waals surface area (Å²) in [6.45, 7) is 0. The van der Waals surface area contributed by atoms with E-state index in [-0.39, 0.29) is 0 Å². The van der Waals surface area contributed by atoms with E-state index in [0.29, 0.717) is 0 Å². The number of pyridine rings is 1. The molecule has 0 unspecified atom stereocenters. The van der Waals surface area contributed by atoms with E-state index in [4.69, 9.17) is 4.98 Å². The smallest absolute Gasteiger partial charge is 0.171 e. The predicted octanol–water partition coefficient (Wildman–Crippen LogP) is 6.95. The molecular formula is C33H23N2OP. The third-order valence-electron chi connectivity index (χ3n) is 7.08. The van der Waals surface area contributed by atoms with Gasteiger partial charge in [-0.25, -0.2) is 4.98 Å². The van der Waals surface area contributed by atoms with Gasteiger partial charge in [-0.2, -0.15) is 0 Å². The summed E-state index contributed by atoms with van der Waals surface area (Å²) in [5, 5.41) is 4.81. The molecule has 0 fully saturated rings. The zero-order valence-corrected chi connectivity index (χ0v) is 20.9. The van der Waals surface area contributed by atoms with Crippen LogP contribution in [0.1, 0.15) is 0 Å². The van der Waals surface area contributed by atoms with Crippen LogP contribution in [0.15, 0.2) is 140 Å². The summed E-state index contributed by atoms with van der Waals surface area (Å²) in [4.78, 5) is 4.93. The Hall–Kier alpha value is -4.46.